The van der Waals surface area contributed by atoms with Crippen molar-refractivity contribution in [1.29, 1.82) is 0 Å². The Labute approximate surface area is 125 Å². The van der Waals surface area contributed by atoms with Gasteiger partial charge in [-0.2, -0.15) is 0 Å². The zero-order valence-electron chi connectivity index (χ0n) is 10.3. The molecule has 0 saturated heterocycles. The van der Waals surface area contributed by atoms with Crippen molar-refractivity contribution in [3.63, 3.8) is 0 Å². The Morgan fingerprint density at radius 2 is 1.80 bits per heavy atom. The van der Waals surface area contributed by atoms with Gasteiger partial charge in [0.05, 0.1) is 10.0 Å². The lowest BCUT2D eigenvalue weighted by Gasteiger charge is -2.09. The van der Waals surface area contributed by atoms with Crippen LogP contribution in [0.1, 0.15) is 0 Å². The summed E-state index contributed by atoms with van der Waals surface area (Å²) in [5.41, 5.74) is 7.33. The quantitative estimate of drug-likeness (QED) is 0.732. The fraction of sp³-hybridized carbons (Fsp3) is 0. The normalized spacial score (nSPS) is 10.7. The van der Waals surface area contributed by atoms with Crippen LogP contribution < -0.4 is 5.73 Å². The molecular formula is C14H10Cl2N4. The summed E-state index contributed by atoms with van der Waals surface area (Å²) in [6.45, 7) is 0. The minimum absolute atomic E-state index is 0.465. The van der Waals surface area contributed by atoms with Gasteiger partial charge in [-0.15, -0.1) is 0 Å². The summed E-state index contributed by atoms with van der Waals surface area (Å²) in [5, 5.41) is 0.958. The smallest absolute Gasteiger partial charge is 0.157 e. The first kappa shape index (κ1) is 13.0. The van der Waals surface area contributed by atoms with Gasteiger partial charge in [-0.25, -0.2) is 9.97 Å². The van der Waals surface area contributed by atoms with E-state index in [1.807, 2.05) is 28.8 Å². The minimum Gasteiger partial charge on any atom is -0.399 e. The molecule has 6 heteroatoms. The molecule has 1 aromatic carbocycles. The molecule has 3 rings (SSSR count). The number of pyridine rings is 1. The number of rotatable bonds is 2. The maximum atomic E-state index is 6.19. The van der Waals surface area contributed by atoms with E-state index >= 15 is 0 Å². The molecule has 0 aliphatic heterocycles. The van der Waals surface area contributed by atoms with E-state index in [1.54, 1.807) is 24.7 Å². The van der Waals surface area contributed by atoms with Gasteiger partial charge < -0.3 is 5.73 Å². The van der Waals surface area contributed by atoms with Crippen LogP contribution in [0.25, 0.3) is 17.2 Å². The van der Waals surface area contributed by atoms with Crippen molar-refractivity contribution < 1.29 is 0 Å². The van der Waals surface area contributed by atoms with Gasteiger partial charge in [-0.3, -0.25) is 4.57 Å². The van der Waals surface area contributed by atoms with Crippen LogP contribution in [0.5, 0.6) is 0 Å². The highest BCUT2D eigenvalue weighted by Gasteiger charge is 2.11. The topological polar surface area (TPSA) is 56.7 Å². The molecule has 0 saturated carbocycles. The minimum atomic E-state index is 0.465. The number of nitrogen functional groups attached to an aromatic ring is 1. The van der Waals surface area contributed by atoms with Gasteiger partial charge >= 0.3 is 0 Å². The molecule has 0 atom stereocenters. The maximum absolute atomic E-state index is 6.19. The molecule has 3 aromatic rings. The lowest BCUT2D eigenvalue weighted by molar-refractivity contribution is 1.00. The molecular weight excluding hydrogens is 295 g/mol. The summed E-state index contributed by atoms with van der Waals surface area (Å²) in [6.07, 6.45) is 5.04. The van der Waals surface area contributed by atoms with Crippen molar-refractivity contribution in [2.45, 2.75) is 0 Å². The predicted molar refractivity (Wildman–Crippen MR) is 81.2 cm³/mol. The molecule has 0 fully saturated rings. The zero-order chi connectivity index (χ0) is 14.1. The number of nitrogens with two attached hydrogens (primary N) is 1. The second-order valence-electron chi connectivity index (χ2n) is 4.20. The summed E-state index contributed by atoms with van der Waals surface area (Å²) in [5.74, 6) is 1.32. The van der Waals surface area contributed by atoms with Crippen molar-refractivity contribution in [3.8, 4) is 17.2 Å². The lowest BCUT2D eigenvalue weighted by Crippen LogP contribution is -2.00. The van der Waals surface area contributed by atoms with Gasteiger partial charge in [-0.05, 0) is 30.3 Å². The number of imidazole rings is 1. The Morgan fingerprint density at radius 1 is 1.05 bits per heavy atom. The van der Waals surface area contributed by atoms with Gasteiger partial charge in [0.25, 0.3) is 0 Å². The van der Waals surface area contributed by atoms with Crippen LogP contribution in [0.4, 0.5) is 5.69 Å². The van der Waals surface area contributed by atoms with E-state index in [1.165, 1.54) is 0 Å². The number of anilines is 1. The van der Waals surface area contributed by atoms with E-state index in [-0.39, 0.29) is 0 Å². The van der Waals surface area contributed by atoms with Crippen LogP contribution in [0, 0.1) is 0 Å². The van der Waals surface area contributed by atoms with Crippen molar-refractivity contribution in [3.05, 3.63) is 59.0 Å². The highest BCUT2D eigenvalue weighted by atomic mass is 35.5. The first-order chi connectivity index (χ1) is 9.65. The Bertz CT molecular complexity index is 750. The van der Waals surface area contributed by atoms with E-state index in [4.69, 9.17) is 28.9 Å². The third-order valence-corrected chi connectivity index (χ3v) is 3.31. The average Bonchev–Trinajstić information content (AvgIpc) is 2.88. The summed E-state index contributed by atoms with van der Waals surface area (Å²) in [6, 6.07) is 9.10. The summed E-state index contributed by atoms with van der Waals surface area (Å²) >= 11 is 12.1. The summed E-state index contributed by atoms with van der Waals surface area (Å²) in [7, 11) is 0. The van der Waals surface area contributed by atoms with Crippen molar-refractivity contribution in [1.82, 2.24) is 14.5 Å². The van der Waals surface area contributed by atoms with Crippen LogP contribution in [-0.4, -0.2) is 14.5 Å². The monoisotopic (exact) mass is 304 g/mol. The SMILES string of the molecule is Nc1ccc(-c2nccn2-c2ncc(Cl)cc2Cl)cc1. The van der Waals surface area contributed by atoms with Gasteiger partial charge in [0.1, 0.15) is 5.82 Å². The van der Waals surface area contributed by atoms with Gasteiger partial charge in [0.15, 0.2) is 5.82 Å². The Morgan fingerprint density at radius 3 is 2.50 bits per heavy atom. The molecule has 2 heterocycles. The molecule has 0 amide bonds. The number of hydrogen-bond acceptors (Lipinski definition) is 3. The molecule has 4 nitrogen and oxygen atoms in total. The number of hydrogen-bond donors (Lipinski definition) is 1. The second kappa shape index (κ2) is 5.15. The molecule has 2 aromatic heterocycles. The average molecular weight is 305 g/mol. The third-order valence-electron chi connectivity index (χ3n) is 2.83. The Balaban J connectivity index is 2.12. The fourth-order valence-corrected chi connectivity index (χ4v) is 2.38. The van der Waals surface area contributed by atoms with Crippen molar-refractivity contribution >= 4 is 28.9 Å². The fourth-order valence-electron chi connectivity index (χ4n) is 1.90. The molecule has 0 bridgehead atoms. The van der Waals surface area contributed by atoms with E-state index in [0.29, 0.717) is 21.6 Å². The van der Waals surface area contributed by atoms with Crippen LogP contribution in [0.2, 0.25) is 10.0 Å². The van der Waals surface area contributed by atoms with E-state index in [0.717, 1.165) is 11.4 Å². The van der Waals surface area contributed by atoms with Crippen molar-refractivity contribution in [2.75, 3.05) is 5.73 Å². The van der Waals surface area contributed by atoms with Gasteiger partial charge in [0, 0.05) is 29.8 Å². The molecule has 0 unspecified atom stereocenters. The van der Waals surface area contributed by atoms with E-state index in [2.05, 4.69) is 9.97 Å². The number of benzene rings is 1. The molecule has 0 aliphatic carbocycles. The Hall–Kier alpha value is -2.04. The van der Waals surface area contributed by atoms with Crippen molar-refractivity contribution in [2.24, 2.45) is 0 Å². The highest BCUT2D eigenvalue weighted by molar-refractivity contribution is 6.35. The summed E-state index contributed by atoms with van der Waals surface area (Å²) in [4.78, 5) is 8.60. The predicted octanol–water partition coefficient (Wildman–Crippen LogP) is 3.82. The zero-order valence-corrected chi connectivity index (χ0v) is 11.8. The number of nitrogens with zero attached hydrogens (tertiary/aromatic N) is 3. The molecule has 20 heavy (non-hydrogen) atoms. The largest absolute Gasteiger partial charge is 0.399 e. The second-order valence-corrected chi connectivity index (χ2v) is 5.05. The van der Waals surface area contributed by atoms with Gasteiger partial charge in [-0.1, -0.05) is 23.2 Å². The van der Waals surface area contributed by atoms with Crippen LogP contribution in [0.3, 0.4) is 0 Å². The third kappa shape index (κ3) is 2.35. The molecule has 0 aliphatic rings. The van der Waals surface area contributed by atoms with Gasteiger partial charge in [0.2, 0.25) is 0 Å². The standard InChI is InChI=1S/C14H10Cl2N4/c15-10-7-12(16)14(19-8-10)20-6-5-18-13(20)9-1-3-11(17)4-2-9/h1-8H,17H2. The van der Waals surface area contributed by atoms with Crippen LogP contribution in [0.15, 0.2) is 48.9 Å². The van der Waals surface area contributed by atoms with Crippen LogP contribution in [-0.2, 0) is 0 Å². The van der Waals surface area contributed by atoms with E-state index in [9.17, 15) is 0 Å². The first-order valence-electron chi connectivity index (χ1n) is 5.86. The Kier molecular flexibility index (Phi) is 3.34. The molecule has 2 N–H and O–H groups in total. The molecule has 0 radical (unpaired) electrons. The van der Waals surface area contributed by atoms with Crippen LogP contribution >= 0.6 is 23.2 Å². The molecule has 100 valence electrons. The number of halogens is 2. The molecule has 0 spiro atoms. The first-order valence-corrected chi connectivity index (χ1v) is 6.61. The van der Waals surface area contributed by atoms with E-state index < -0.39 is 0 Å². The maximum Gasteiger partial charge on any atom is 0.157 e. The highest BCUT2D eigenvalue weighted by Crippen LogP contribution is 2.26. The summed E-state index contributed by atoms with van der Waals surface area (Å²) < 4.78 is 1.81. The number of aromatic nitrogens is 3. The lowest BCUT2D eigenvalue weighted by atomic mass is 10.2.